The summed E-state index contributed by atoms with van der Waals surface area (Å²) in [6.07, 6.45) is 6.78. The number of para-hydroxylation sites is 2. The zero-order valence-corrected chi connectivity index (χ0v) is 32.8. The first kappa shape index (κ1) is 41.2. The molecule has 5 N–H and O–H groups in total. The lowest BCUT2D eigenvalue weighted by molar-refractivity contribution is -0.252. The number of aliphatic hydroxyl groups is 1. The van der Waals surface area contributed by atoms with E-state index in [1.807, 2.05) is 72.9 Å². The molecule has 57 heavy (non-hydrogen) atoms. The molecule has 0 saturated carbocycles. The number of nitrogens with one attached hydrogen (secondary N) is 2. The second-order valence-corrected chi connectivity index (χ2v) is 14.8. The van der Waals surface area contributed by atoms with Gasteiger partial charge in [-0.3, -0.25) is 14.6 Å². The summed E-state index contributed by atoms with van der Waals surface area (Å²) < 4.78 is 13.2. The fraction of sp³-hybridized carbons (Fsp3) is 0.340. The third kappa shape index (κ3) is 12.6. The van der Waals surface area contributed by atoms with Gasteiger partial charge >= 0.3 is 0 Å². The standard InChI is InChI=1S/C47H55N5O5/c1-52(29-27-39-13-10-11-28-49-39)32-40-30-44(36-21-19-34(33-53)20-22-36)57-47(56-40)37-25-23-35(24-26-37)41-14-7-6-12-38(41)31-50-45(54)17-4-2-3-5-18-46(55)51-43-16-9-8-15-42(43)48/h6-16,19-26,28,40,44,47,53H,2-5,17-18,27,29-33,48H2,1H3,(H,50,54)(H,51,55)/t40-,44+,47+/m0/s1. The number of carbonyl (C=O) groups excluding carboxylic acids is 2. The molecular formula is C47H55N5O5. The Morgan fingerprint density at radius 3 is 2.25 bits per heavy atom. The van der Waals surface area contributed by atoms with Crippen molar-refractivity contribution in [2.45, 2.75) is 83.0 Å². The number of likely N-dealkylation sites (N-methyl/N-ethyl adjacent to an activating group) is 1. The van der Waals surface area contributed by atoms with Gasteiger partial charge in [-0.1, -0.05) is 104 Å². The molecule has 0 bridgehead atoms. The zero-order valence-electron chi connectivity index (χ0n) is 32.8. The predicted molar refractivity (Wildman–Crippen MR) is 225 cm³/mol. The summed E-state index contributed by atoms with van der Waals surface area (Å²) in [4.78, 5) is 31.8. The molecule has 3 atom stereocenters. The van der Waals surface area contributed by atoms with Crippen LogP contribution in [0.4, 0.5) is 11.4 Å². The number of aliphatic hydroxyl groups excluding tert-OH is 1. The second kappa shape index (κ2) is 21.2. The van der Waals surface area contributed by atoms with Gasteiger partial charge in [-0.15, -0.1) is 0 Å². The van der Waals surface area contributed by atoms with E-state index >= 15 is 0 Å². The van der Waals surface area contributed by atoms with Crippen LogP contribution in [-0.2, 0) is 38.6 Å². The summed E-state index contributed by atoms with van der Waals surface area (Å²) in [7, 11) is 2.12. The van der Waals surface area contributed by atoms with Gasteiger partial charge < -0.3 is 35.8 Å². The number of nitrogens with zero attached hydrogens (tertiary/aromatic N) is 2. The number of benzene rings is 4. The number of aromatic nitrogens is 1. The van der Waals surface area contributed by atoms with Crippen molar-refractivity contribution in [1.29, 1.82) is 0 Å². The van der Waals surface area contributed by atoms with Crippen molar-refractivity contribution in [3.8, 4) is 11.1 Å². The molecule has 1 saturated heterocycles. The molecule has 2 heterocycles. The molecule has 0 aliphatic carbocycles. The molecule has 0 radical (unpaired) electrons. The van der Waals surface area contributed by atoms with Crippen molar-refractivity contribution in [2.75, 3.05) is 31.2 Å². The molecule has 5 aromatic rings. The quantitative estimate of drug-likeness (QED) is 0.0488. The van der Waals surface area contributed by atoms with E-state index < -0.39 is 6.29 Å². The molecule has 0 spiro atoms. The largest absolute Gasteiger partial charge is 0.397 e. The van der Waals surface area contributed by atoms with Gasteiger partial charge in [-0.25, -0.2) is 0 Å². The first-order valence-corrected chi connectivity index (χ1v) is 20.0. The number of amides is 2. The van der Waals surface area contributed by atoms with Crippen LogP contribution in [0, 0.1) is 0 Å². The number of carbonyl (C=O) groups is 2. The number of rotatable bonds is 19. The highest BCUT2D eigenvalue weighted by Crippen LogP contribution is 2.39. The van der Waals surface area contributed by atoms with Crippen LogP contribution < -0.4 is 16.4 Å². The lowest BCUT2D eigenvalue weighted by Gasteiger charge is -2.38. The number of hydrogen-bond acceptors (Lipinski definition) is 8. The van der Waals surface area contributed by atoms with Gasteiger partial charge in [0.1, 0.15) is 0 Å². The van der Waals surface area contributed by atoms with Crippen LogP contribution in [-0.4, -0.2) is 53.0 Å². The molecule has 4 aromatic carbocycles. The molecule has 1 aliphatic heterocycles. The first-order chi connectivity index (χ1) is 27.8. The lowest BCUT2D eigenvalue weighted by atomic mass is 9.97. The molecule has 10 nitrogen and oxygen atoms in total. The Morgan fingerprint density at radius 2 is 1.51 bits per heavy atom. The number of hydrogen-bond donors (Lipinski definition) is 4. The maximum absolute atomic E-state index is 12.8. The van der Waals surface area contributed by atoms with E-state index in [0.717, 1.165) is 84.3 Å². The van der Waals surface area contributed by atoms with Gasteiger partial charge in [0.05, 0.1) is 30.2 Å². The van der Waals surface area contributed by atoms with E-state index in [1.165, 1.54) is 0 Å². The van der Waals surface area contributed by atoms with Gasteiger partial charge in [-0.05, 0) is 72.0 Å². The van der Waals surface area contributed by atoms with E-state index in [1.54, 1.807) is 12.1 Å². The minimum Gasteiger partial charge on any atom is -0.397 e. The van der Waals surface area contributed by atoms with Crippen LogP contribution in [0.2, 0.25) is 0 Å². The van der Waals surface area contributed by atoms with Crippen LogP contribution in [0.1, 0.15) is 85.3 Å². The highest BCUT2D eigenvalue weighted by Gasteiger charge is 2.33. The lowest BCUT2D eigenvalue weighted by Crippen LogP contribution is -2.38. The Hall–Kier alpha value is -5.39. The van der Waals surface area contributed by atoms with Crippen LogP contribution >= 0.6 is 0 Å². The van der Waals surface area contributed by atoms with Crippen molar-refractivity contribution in [1.82, 2.24) is 15.2 Å². The van der Waals surface area contributed by atoms with Crippen LogP contribution in [0.25, 0.3) is 11.1 Å². The van der Waals surface area contributed by atoms with E-state index in [9.17, 15) is 14.7 Å². The van der Waals surface area contributed by atoms with Gasteiger partial charge in [0.2, 0.25) is 11.8 Å². The van der Waals surface area contributed by atoms with Gasteiger partial charge in [0.25, 0.3) is 0 Å². The van der Waals surface area contributed by atoms with Crippen molar-refractivity contribution in [3.05, 3.63) is 149 Å². The third-order valence-corrected chi connectivity index (χ3v) is 10.4. The molecular weight excluding hydrogens is 715 g/mol. The molecule has 1 fully saturated rings. The predicted octanol–water partition coefficient (Wildman–Crippen LogP) is 8.14. The van der Waals surface area contributed by atoms with Gasteiger partial charge in [0, 0.05) is 62.8 Å². The summed E-state index contributed by atoms with van der Waals surface area (Å²) in [5, 5.41) is 15.6. The molecule has 6 rings (SSSR count). The third-order valence-electron chi connectivity index (χ3n) is 10.4. The number of nitrogen functional groups attached to an aromatic ring is 1. The molecule has 10 heteroatoms. The smallest absolute Gasteiger partial charge is 0.224 e. The van der Waals surface area contributed by atoms with Crippen molar-refractivity contribution < 1.29 is 24.2 Å². The molecule has 1 aromatic heterocycles. The number of unbranched alkanes of at least 4 members (excludes halogenated alkanes) is 3. The van der Waals surface area contributed by atoms with E-state index in [-0.39, 0.29) is 30.6 Å². The highest BCUT2D eigenvalue weighted by atomic mass is 16.7. The molecule has 2 amide bonds. The van der Waals surface area contributed by atoms with Crippen LogP contribution in [0.15, 0.2) is 121 Å². The van der Waals surface area contributed by atoms with Crippen molar-refractivity contribution in [2.24, 2.45) is 0 Å². The fourth-order valence-corrected chi connectivity index (χ4v) is 7.13. The number of nitrogens with two attached hydrogens (primary N) is 1. The average Bonchev–Trinajstić information content (AvgIpc) is 3.24. The number of ether oxygens (including phenoxy) is 2. The Morgan fingerprint density at radius 1 is 0.807 bits per heavy atom. The minimum absolute atomic E-state index is 0.0000337. The minimum atomic E-state index is -0.551. The monoisotopic (exact) mass is 769 g/mol. The Kier molecular flexibility index (Phi) is 15.4. The molecule has 1 aliphatic rings. The maximum Gasteiger partial charge on any atom is 0.224 e. The summed E-state index contributed by atoms with van der Waals surface area (Å²) >= 11 is 0. The zero-order chi connectivity index (χ0) is 39.8. The second-order valence-electron chi connectivity index (χ2n) is 14.8. The highest BCUT2D eigenvalue weighted by molar-refractivity contribution is 5.93. The summed E-state index contributed by atoms with van der Waals surface area (Å²) in [6.45, 7) is 2.04. The fourth-order valence-electron chi connectivity index (χ4n) is 7.13. The van der Waals surface area contributed by atoms with E-state index in [0.29, 0.717) is 37.2 Å². The maximum atomic E-state index is 12.8. The molecule has 298 valence electrons. The number of pyridine rings is 1. The first-order valence-electron chi connectivity index (χ1n) is 20.0. The summed E-state index contributed by atoms with van der Waals surface area (Å²) in [6, 6.07) is 37.6. The van der Waals surface area contributed by atoms with Crippen molar-refractivity contribution in [3.63, 3.8) is 0 Å². The Balaban J connectivity index is 1.01. The van der Waals surface area contributed by atoms with E-state index in [4.69, 9.17) is 15.2 Å². The topological polar surface area (TPSA) is 139 Å². The Bertz CT molecular complexity index is 2010. The van der Waals surface area contributed by atoms with Gasteiger partial charge in [0.15, 0.2) is 6.29 Å². The van der Waals surface area contributed by atoms with Crippen LogP contribution in [0.5, 0.6) is 0 Å². The van der Waals surface area contributed by atoms with Crippen LogP contribution in [0.3, 0.4) is 0 Å². The summed E-state index contributed by atoms with van der Waals surface area (Å²) in [5.41, 5.74) is 14.2. The van der Waals surface area contributed by atoms with Gasteiger partial charge in [-0.2, -0.15) is 0 Å². The SMILES string of the molecule is CN(CCc1ccccn1)C[C@@H]1C[C@H](c2ccc(CO)cc2)O[C@H](c2ccc(-c3ccccc3CNC(=O)CCCCCCC(=O)Nc3ccccc3N)cc2)O1. The normalized spacial score (nSPS) is 16.6. The van der Waals surface area contributed by atoms with Crippen molar-refractivity contribution >= 4 is 23.2 Å². The number of anilines is 2. The molecule has 0 unspecified atom stereocenters. The average molecular weight is 770 g/mol. The summed E-state index contributed by atoms with van der Waals surface area (Å²) in [5.74, 6) is -0.0352. The van der Waals surface area contributed by atoms with E-state index in [2.05, 4.69) is 64.0 Å². The Labute approximate surface area is 336 Å².